The number of likely N-dealkylation sites (tertiary alicyclic amines) is 1. The Morgan fingerprint density at radius 3 is 2.57 bits per heavy atom. The maximum atomic E-state index is 11.9. The molecule has 0 aromatic rings. The number of nitrogens with one attached hydrogen (secondary N) is 1. The summed E-state index contributed by atoms with van der Waals surface area (Å²) in [5.74, 6) is 0.218. The van der Waals surface area contributed by atoms with Gasteiger partial charge in [0.1, 0.15) is 5.60 Å². The van der Waals surface area contributed by atoms with Gasteiger partial charge in [-0.2, -0.15) is 0 Å². The Kier molecular flexibility index (Phi) is 6.94. The fourth-order valence-corrected chi connectivity index (χ4v) is 2.92. The molecule has 0 aromatic carbocycles. The summed E-state index contributed by atoms with van der Waals surface area (Å²) in [6, 6.07) is 0.0475. The fourth-order valence-electron chi connectivity index (χ4n) is 2.92. The normalized spacial score (nSPS) is 25.4. The van der Waals surface area contributed by atoms with Crippen molar-refractivity contribution in [1.82, 2.24) is 10.2 Å². The second kappa shape index (κ2) is 7.99. The van der Waals surface area contributed by atoms with Crippen molar-refractivity contribution in [2.75, 3.05) is 19.6 Å². The molecule has 3 atom stereocenters. The molecule has 1 fully saturated rings. The smallest absolute Gasteiger partial charge is 0.407 e. The van der Waals surface area contributed by atoms with E-state index in [1.165, 1.54) is 0 Å². The number of ether oxygens (including phenoxy) is 1. The Labute approximate surface area is 129 Å². The van der Waals surface area contributed by atoms with Crippen molar-refractivity contribution in [3.05, 3.63) is 0 Å². The molecule has 1 aliphatic rings. The zero-order chi connectivity index (χ0) is 16.0. The minimum absolute atomic E-state index is 0.0475. The molecular formula is C16H32N2O3. The average molecular weight is 300 g/mol. The van der Waals surface area contributed by atoms with Gasteiger partial charge < -0.3 is 20.1 Å². The Morgan fingerprint density at radius 2 is 2.05 bits per heavy atom. The van der Waals surface area contributed by atoms with Crippen LogP contribution >= 0.6 is 0 Å². The van der Waals surface area contributed by atoms with E-state index in [0.717, 1.165) is 38.9 Å². The van der Waals surface area contributed by atoms with Crippen LogP contribution in [0.15, 0.2) is 0 Å². The third-order valence-corrected chi connectivity index (χ3v) is 3.78. The van der Waals surface area contributed by atoms with Crippen LogP contribution in [-0.4, -0.2) is 53.5 Å². The monoisotopic (exact) mass is 300 g/mol. The number of nitrogens with zero attached hydrogens (tertiary/aromatic N) is 1. The van der Waals surface area contributed by atoms with Crippen LogP contribution in [0.2, 0.25) is 0 Å². The molecule has 1 aliphatic heterocycles. The number of amides is 1. The first-order valence-corrected chi connectivity index (χ1v) is 8.15. The predicted molar refractivity (Wildman–Crippen MR) is 84.3 cm³/mol. The lowest BCUT2D eigenvalue weighted by atomic mass is 9.88. The molecule has 0 saturated carbocycles. The van der Waals surface area contributed by atoms with E-state index in [2.05, 4.69) is 17.1 Å². The van der Waals surface area contributed by atoms with Crippen LogP contribution < -0.4 is 5.32 Å². The first-order valence-electron chi connectivity index (χ1n) is 8.15. The Bertz CT molecular complexity index is 328. The second-order valence-corrected chi connectivity index (χ2v) is 7.07. The van der Waals surface area contributed by atoms with Crippen LogP contribution in [0.3, 0.4) is 0 Å². The lowest BCUT2D eigenvalue weighted by Gasteiger charge is -2.39. The molecule has 0 radical (unpaired) electrons. The number of hydrogen-bond acceptors (Lipinski definition) is 4. The van der Waals surface area contributed by atoms with Crippen LogP contribution in [-0.2, 0) is 4.74 Å². The number of rotatable bonds is 5. The van der Waals surface area contributed by atoms with E-state index in [1.807, 2.05) is 27.7 Å². The number of carbonyl (C=O) groups excluding carboxylic acids is 1. The molecule has 124 valence electrons. The van der Waals surface area contributed by atoms with Gasteiger partial charge in [0.25, 0.3) is 0 Å². The van der Waals surface area contributed by atoms with E-state index < -0.39 is 5.60 Å². The number of aliphatic hydroxyl groups excluding tert-OH is 1. The molecule has 0 aliphatic carbocycles. The van der Waals surface area contributed by atoms with Gasteiger partial charge in [-0.3, -0.25) is 0 Å². The van der Waals surface area contributed by atoms with E-state index in [9.17, 15) is 9.90 Å². The molecule has 0 bridgehead atoms. The highest BCUT2D eigenvalue weighted by molar-refractivity contribution is 5.68. The van der Waals surface area contributed by atoms with Gasteiger partial charge in [0, 0.05) is 19.1 Å². The molecule has 5 heteroatoms. The third kappa shape index (κ3) is 6.66. The standard InChI is InChI=1S/C16H32N2O3/c1-6-8-18-10-12(14(19)7-2)9-13(11-18)17-15(20)21-16(3,4)5/h12-14,19H,6-11H2,1-5H3,(H,17,20). The molecule has 0 aromatic heterocycles. The summed E-state index contributed by atoms with van der Waals surface area (Å²) in [4.78, 5) is 14.3. The minimum atomic E-state index is -0.482. The summed E-state index contributed by atoms with van der Waals surface area (Å²) >= 11 is 0. The maximum absolute atomic E-state index is 11.9. The van der Waals surface area contributed by atoms with Crippen LogP contribution in [0, 0.1) is 5.92 Å². The van der Waals surface area contributed by atoms with Crippen molar-refractivity contribution in [3.8, 4) is 0 Å². The van der Waals surface area contributed by atoms with Crippen molar-refractivity contribution in [2.45, 2.75) is 71.6 Å². The number of piperidine rings is 1. The summed E-state index contributed by atoms with van der Waals surface area (Å²) < 4.78 is 5.33. The molecule has 2 N–H and O–H groups in total. The SMILES string of the molecule is CCCN1CC(NC(=O)OC(C)(C)C)CC(C(O)CC)C1. The number of alkyl carbamates (subject to hydrolysis) is 1. The molecule has 1 amide bonds. The molecule has 5 nitrogen and oxygen atoms in total. The van der Waals surface area contributed by atoms with Crippen LogP contribution in [0.4, 0.5) is 4.79 Å². The van der Waals surface area contributed by atoms with Crippen molar-refractivity contribution >= 4 is 6.09 Å². The molecule has 21 heavy (non-hydrogen) atoms. The topological polar surface area (TPSA) is 61.8 Å². The van der Waals surface area contributed by atoms with Gasteiger partial charge in [-0.25, -0.2) is 4.79 Å². The van der Waals surface area contributed by atoms with Crippen molar-refractivity contribution < 1.29 is 14.6 Å². The van der Waals surface area contributed by atoms with Gasteiger partial charge in [-0.15, -0.1) is 0 Å². The minimum Gasteiger partial charge on any atom is -0.444 e. The van der Waals surface area contributed by atoms with Gasteiger partial charge >= 0.3 is 6.09 Å². The lowest BCUT2D eigenvalue weighted by Crippen LogP contribution is -2.53. The Morgan fingerprint density at radius 1 is 1.38 bits per heavy atom. The first-order chi connectivity index (χ1) is 9.75. The van der Waals surface area contributed by atoms with E-state index in [4.69, 9.17) is 4.74 Å². The van der Waals surface area contributed by atoms with Crippen LogP contribution in [0.5, 0.6) is 0 Å². The first kappa shape index (κ1) is 18.2. The van der Waals surface area contributed by atoms with Crippen LogP contribution in [0.25, 0.3) is 0 Å². The quantitative estimate of drug-likeness (QED) is 0.818. The highest BCUT2D eigenvalue weighted by atomic mass is 16.6. The highest BCUT2D eigenvalue weighted by Crippen LogP contribution is 2.22. The summed E-state index contributed by atoms with van der Waals surface area (Å²) in [6.45, 7) is 12.5. The van der Waals surface area contributed by atoms with E-state index in [1.54, 1.807) is 0 Å². The summed E-state index contributed by atoms with van der Waals surface area (Å²) in [7, 11) is 0. The van der Waals surface area contributed by atoms with Crippen LogP contribution in [0.1, 0.15) is 53.9 Å². The predicted octanol–water partition coefficient (Wildman–Crippen LogP) is 2.38. The molecular weight excluding hydrogens is 268 g/mol. The Hall–Kier alpha value is -0.810. The molecule has 1 saturated heterocycles. The van der Waals surface area contributed by atoms with E-state index in [-0.39, 0.29) is 24.2 Å². The second-order valence-electron chi connectivity index (χ2n) is 7.07. The van der Waals surface area contributed by atoms with Gasteiger partial charge in [0.2, 0.25) is 0 Å². The summed E-state index contributed by atoms with van der Waals surface area (Å²) in [5, 5.41) is 13.1. The summed E-state index contributed by atoms with van der Waals surface area (Å²) in [5.41, 5.74) is -0.482. The van der Waals surface area contributed by atoms with Gasteiger partial charge in [-0.05, 0) is 52.5 Å². The molecule has 1 rings (SSSR count). The summed E-state index contributed by atoms with van der Waals surface area (Å²) in [6.07, 6.45) is 1.98. The average Bonchev–Trinajstić information content (AvgIpc) is 2.35. The Balaban J connectivity index is 2.60. The van der Waals surface area contributed by atoms with E-state index in [0.29, 0.717) is 0 Å². The number of hydrogen-bond donors (Lipinski definition) is 2. The maximum Gasteiger partial charge on any atom is 0.407 e. The number of aliphatic hydroxyl groups is 1. The van der Waals surface area contributed by atoms with Crippen molar-refractivity contribution in [2.24, 2.45) is 5.92 Å². The molecule has 0 spiro atoms. The molecule has 3 unspecified atom stereocenters. The van der Waals surface area contributed by atoms with Crippen molar-refractivity contribution in [3.63, 3.8) is 0 Å². The van der Waals surface area contributed by atoms with Gasteiger partial charge in [0.15, 0.2) is 0 Å². The highest BCUT2D eigenvalue weighted by Gasteiger charge is 2.32. The van der Waals surface area contributed by atoms with Gasteiger partial charge in [-0.1, -0.05) is 13.8 Å². The zero-order valence-electron chi connectivity index (χ0n) is 14.2. The molecule has 1 heterocycles. The largest absolute Gasteiger partial charge is 0.444 e. The zero-order valence-corrected chi connectivity index (χ0v) is 14.2. The third-order valence-electron chi connectivity index (χ3n) is 3.78. The fraction of sp³-hybridized carbons (Fsp3) is 0.938. The van der Waals surface area contributed by atoms with E-state index >= 15 is 0 Å². The van der Waals surface area contributed by atoms with Crippen molar-refractivity contribution in [1.29, 1.82) is 0 Å². The number of carbonyl (C=O) groups is 1. The lowest BCUT2D eigenvalue weighted by molar-refractivity contribution is 0.0238. The van der Waals surface area contributed by atoms with Gasteiger partial charge in [0.05, 0.1) is 6.10 Å².